The zero-order chi connectivity index (χ0) is 33.7. The Morgan fingerprint density at radius 2 is 1.73 bits per heavy atom. The van der Waals surface area contributed by atoms with Gasteiger partial charge in [0.1, 0.15) is 12.4 Å². The first-order valence-corrected chi connectivity index (χ1v) is 18.9. The summed E-state index contributed by atoms with van der Waals surface area (Å²) in [6.07, 6.45) is 11.8. The minimum Gasteiger partial charge on any atom is -0.497 e. The molecular weight excluding hydrogens is 625 g/mol. The van der Waals surface area contributed by atoms with Crippen molar-refractivity contribution in [3.8, 4) is 5.75 Å². The second kappa shape index (κ2) is 15.0. The predicted molar refractivity (Wildman–Crippen MR) is 188 cm³/mol. The van der Waals surface area contributed by atoms with Crippen LogP contribution in [0, 0.1) is 13.8 Å². The van der Waals surface area contributed by atoms with E-state index in [9.17, 15) is 13.2 Å². The third kappa shape index (κ3) is 7.26. The van der Waals surface area contributed by atoms with Gasteiger partial charge in [0.15, 0.2) is 0 Å². The molecule has 3 aliphatic heterocycles. The topological polar surface area (TPSA) is 92.3 Å². The van der Waals surface area contributed by atoms with Crippen LogP contribution in [0.4, 0.5) is 5.69 Å². The molecule has 2 fully saturated rings. The van der Waals surface area contributed by atoms with Crippen molar-refractivity contribution in [2.75, 3.05) is 57.4 Å². The number of para-hydroxylation sites is 1. The first-order valence-electron chi connectivity index (χ1n) is 17.5. The fourth-order valence-corrected chi connectivity index (χ4v) is 10.3. The number of sulfonamides is 1. The van der Waals surface area contributed by atoms with Crippen molar-refractivity contribution in [3.63, 3.8) is 0 Å². The van der Waals surface area contributed by atoms with Crippen molar-refractivity contribution >= 4 is 21.6 Å². The Hall–Kier alpha value is -3.47. The molecule has 1 atom stereocenters. The van der Waals surface area contributed by atoms with Crippen molar-refractivity contribution in [2.45, 2.75) is 81.6 Å². The Kier molecular flexibility index (Phi) is 10.7. The van der Waals surface area contributed by atoms with Crippen LogP contribution in [0.15, 0.2) is 65.8 Å². The molecule has 10 heteroatoms. The monoisotopic (exact) mass is 674 g/mol. The summed E-state index contributed by atoms with van der Waals surface area (Å²) in [5, 5.41) is 0. The van der Waals surface area contributed by atoms with Crippen LogP contribution in [-0.2, 0) is 31.4 Å². The van der Waals surface area contributed by atoms with E-state index in [1.54, 1.807) is 33.1 Å². The Balaban J connectivity index is 1.11. The maximum atomic E-state index is 14.4. The smallest absolute Gasteiger partial charge is 0.265 e. The number of aryl methyl sites for hydroxylation is 3. The molecule has 0 bridgehead atoms. The number of likely N-dealkylation sites (tertiary alicyclic amines) is 2. The number of carbonyl (C=O) groups is 1. The zero-order valence-electron chi connectivity index (χ0n) is 28.7. The molecule has 2 saturated heterocycles. The number of amides is 1. The molecule has 3 aliphatic rings. The van der Waals surface area contributed by atoms with Crippen LogP contribution < -0.4 is 9.04 Å². The first-order chi connectivity index (χ1) is 23.2. The summed E-state index contributed by atoms with van der Waals surface area (Å²) in [7, 11) is -2.36. The average Bonchev–Trinajstić information content (AvgIpc) is 3.62. The van der Waals surface area contributed by atoms with Gasteiger partial charge in [-0.2, -0.15) is 0 Å². The molecule has 0 aliphatic carbocycles. The Bertz CT molecular complexity index is 1640. The van der Waals surface area contributed by atoms with Crippen LogP contribution in [-0.4, -0.2) is 88.2 Å². The second-order valence-electron chi connectivity index (χ2n) is 13.8. The molecule has 48 heavy (non-hydrogen) atoms. The number of piperidine rings is 1. The fraction of sp³-hybridized carbons (Fsp3) is 0.526. The number of fused-ring (bicyclic) bond motifs is 1. The van der Waals surface area contributed by atoms with Crippen LogP contribution in [0.3, 0.4) is 0 Å². The number of aromatic nitrogens is 1. The fourth-order valence-electron chi connectivity index (χ4n) is 8.15. The van der Waals surface area contributed by atoms with Crippen molar-refractivity contribution in [3.05, 3.63) is 83.2 Å². The number of pyridine rings is 1. The van der Waals surface area contributed by atoms with E-state index in [1.807, 2.05) is 47.6 Å². The summed E-state index contributed by atoms with van der Waals surface area (Å²) in [6.45, 7) is 8.57. The average molecular weight is 675 g/mol. The van der Waals surface area contributed by atoms with E-state index in [2.05, 4.69) is 16.0 Å². The summed E-state index contributed by atoms with van der Waals surface area (Å²) < 4.78 is 41.9. The molecule has 0 spiro atoms. The summed E-state index contributed by atoms with van der Waals surface area (Å²) in [5.74, 6) is 0.582. The maximum absolute atomic E-state index is 14.4. The highest BCUT2D eigenvalue weighted by Crippen LogP contribution is 2.40. The van der Waals surface area contributed by atoms with Gasteiger partial charge in [-0.3, -0.25) is 14.1 Å². The number of nitrogens with zero attached hydrogens (tertiary/aromatic N) is 4. The molecule has 4 heterocycles. The van der Waals surface area contributed by atoms with E-state index >= 15 is 0 Å². The molecule has 0 saturated carbocycles. The molecule has 1 amide bonds. The van der Waals surface area contributed by atoms with E-state index in [4.69, 9.17) is 9.47 Å². The molecule has 9 nitrogen and oxygen atoms in total. The second-order valence-corrected chi connectivity index (χ2v) is 15.5. The number of methoxy groups -OCH3 is 1. The van der Waals surface area contributed by atoms with Gasteiger partial charge in [-0.25, -0.2) is 8.42 Å². The number of hydrogen-bond donors (Lipinski definition) is 0. The van der Waals surface area contributed by atoms with Gasteiger partial charge in [0.05, 0.1) is 30.3 Å². The molecule has 0 radical (unpaired) electrons. The van der Waals surface area contributed by atoms with Gasteiger partial charge in [-0.15, -0.1) is 0 Å². The molecule has 1 unspecified atom stereocenters. The molecule has 6 rings (SSSR count). The number of carbonyl (C=O) groups excluding carboxylic acids is 1. The first kappa shape index (κ1) is 34.4. The van der Waals surface area contributed by atoms with Gasteiger partial charge in [0.25, 0.3) is 10.0 Å². The molecule has 2 aromatic carbocycles. The third-order valence-corrected chi connectivity index (χ3v) is 12.9. The Morgan fingerprint density at radius 1 is 1.00 bits per heavy atom. The van der Waals surface area contributed by atoms with Crippen molar-refractivity contribution in [1.82, 2.24) is 14.8 Å². The molecular formula is C38H50N4O5S. The van der Waals surface area contributed by atoms with Crippen LogP contribution in [0.1, 0.15) is 67.2 Å². The van der Waals surface area contributed by atoms with Crippen molar-refractivity contribution in [1.29, 1.82) is 0 Å². The molecule has 258 valence electrons. The highest BCUT2D eigenvalue weighted by Gasteiger charge is 2.39. The number of anilines is 1. The number of benzene rings is 2. The van der Waals surface area contributed by atoms with Gasteiger partial charge in [-0.1, -0.05) is 24.3 Å². The summed E-state index contributed by atoms with van der Waals surface area (Å²) >= 11 is 0. The highest BCUT2D eigenvalue weighted by atomic mass is 32.2. The minimum absolute atomic E-state index is 0.0215. The minimum atomic E-state index is -3.94. The normalized spacial score (nSPS) is 19.7. The van der Waals surface area contributed by atoms with E-state index in [1.165, 1.54) is 35.8 Å². The van der Waals surface area contributed by atoms with Crippen LogP contribution >= 0.6 is 0 Å². The summed E-state index contributed by atoms with van der Waals surface area (Å²) in [5.41, 5.74) is 4.22. The van der Waals surface area contributed by atoms with E-state index in [0.717, 1.165) is 44.2 Å². The van der Waals surface area contributed by atoms with Crippen molar-refractivity contribution < 1.29 is 22.7 Å². The van der Waals surface area contributed by atoms with E-state index in [0.29, 0.717) is 42.1 Å². The van der Waals surface area contributed by atoms with Gasteiger partial charge in [-0.05, 0) is 131 Å². The Morgan fingerprint density at radius 3 is 2.42 bits per heavy atom. The van der Waals surface area contributed by atoms with Gasteiger partial charge >= 0.3 is 0 Å². The SMILES string of the molecule is COc1cc(C)c(S(=O)(=O)N2c3ccccc3CCC2COCC(=O)N2CCC(CCCN3CCCC3)(c3cccnc3)CC2)c(C)c1. The number of rotatable bonds is 12. The molecule has 0 N–H and O–H groups in total. The van der Waals surface area contributed by atoms with Crippen LogP contribution in [0.5, 0.6) is 5.75 Å². The predicted octanol–water partition coefficient (Wildman–Crippen LogP) is 5.67. The number of hydrogen-bond acceptors (Lipinski definition) is 7. The quantitative estimate of drug-likeness (QED) is 0.245. The number of ether oxygens (including phenoxy) is 2. The maximum Gasteiger partial charge on any atom is 0.265 e. The van der Waals surface area contributed by atoms with Crippen LogP contribution in [0.2, 0.25) is 0 Å². The lowest BCUT2D eigenvalue weighted by atomic mass is 9.70. The lowest BCUT2D eigenvalue weighted by molar-refractivity contribution is -0.138. The van der Waals surface area contributed by atoms with Gasteiger partial charge in [0, 0.05) is 30.9 Å². The zero-order valence-corrected chi connectivity index (χ0v) is 29.5. The van der Waals surface area contributed by atoms with E-state index in [-0.39, 0.29) is 29.4 Å². The Labute approximate surface area is 286 Å². The van der Waals surface area contributed by atoms with Gasteiger partial charge in [0.2, 0.25) is 5.91 Å². The third-order valence-electron chi connectivity index (χ3n) is 10.7. The summed E-state index contributed by atoms with van der Waals surface area (Å²) in [4.78, 5) is 22.7. The lowest BCUT2D eigenvalue weighted by Gasteiger charge is -2.42. The molecule has 3 aromatic rings. The summed E-state index contributed by atoms with van der Waals surface area (Å²) in [6, 6.07) is 15.0. The van der Waals surface area contributed by atoms with E-state index < -0.39 is 16.1 Å². The van der Waals surface area contributed by atoms with Crippen molar-refractivity contribution in [2.24, 2.45) is 0 Å². The standard InChI is InChI=1S/C38H50N4O5S/c1-29-24-34(46-3)25-30(2)37(29)48(44,45)42-33(14-13-31-10-4-5-12-35(31)42)27-47-28-36(43)41-22-16-38(17-23-41,32-11-8-18-39-26-32)15-9-21-40-19-6-7-20-40/h4-5,8,10-12,18,24-26,33H,6-7,9,13-17,19-23,27-28H2,1-3H3. The molecule has 1 aromatic heterocycles. The van der Waals surface area contributed by atoms with Crippen LogP contribution in [0.25, 0.3) is 0 Å². The largest absolute Gasteiger partial charge is 0.497 e. The van der Waals surface area contributed by atoms with Gasteiger partial charge < -0.3 is 19.3 Å². The lowest BCUT2D eigenvalue weighted by Crippen LogP contribution is -2.48. The highest BCUT2D eigenvalue weighted by molar-refractivity contribution is 7.93.